The van der Waals surface area contributed by atoms with Crippen LogP contribution in [0.2, 0.25) is 0 Å². The number of carbonyl (C=O) groups is 3. The van der Waals surface area contributed by atoms with Crippen LogP contribution in [0.3, 0.4) is 0 Å². The average molecular weight is 265 g/mol. The number of aliphatic carboxylic acids is 1. The van der Waals surface area contributed by atoms with Crippen LogP contribution in [-0.4, -0.2) is 33.8 Å². The zero-order valence-corrected chi connectivity index (χ0v) is 10.9. The van der Waals surface area contributed by atoms with Crippen molar-refractivity contribution in [3.63, 3.8) is 0 Å². The third kappa shape index (κ3) is 1.78. The number of nitrogens with zero attached hydrogens (tertiary/aromatic N) is 1. The van der Waals surface area contributed by atoms with Crippen LogP contribution in [-0.2, 0) is 14.4 Å². The van der Waals surface area contributed by atoms with Gasteiger partial charge in [-0.2, -0.15) is 0 Å². The van der Waals surface area contributed by atoms with E-state index < -0.39 is 23.3 Å². The predicted octanol–water partition coefficient (Wildman–Crippen LogP) is 1.56. The van der Waals surface area contributed by atoms with E-state index in [1.807, 2.05) is 0 Å². The molecule has 2 unspecified atom stereocenters. The van der Waals surface area contributed by atoms with E-state index in [1.165, 1.54) is 4.90 Å². The number of carboxylic acid groups (broad SMARTS) is 1. The van der Waals surface area contributed by atoms with Crippen molar-refractivity contribution in [1.29, 1.82) is 0 Å². The molecule has 1 saturated heterocycles. The topological polar surface area (TPSA) is 74.7 Å². The van der Waals surface area contributed by atoms with E-state index in [0.717, 1.165) is 32.1 Å². The molecule has 1 spiro atoms. The highest BCUT2D eigenvalue weighted by Crippen LogP contribution is 2.49. The predicted molar refractivity (Wildman–Crippen MR) is 66.1 cm³/mol. The molecule has 1 aliphatic heterocycles. The maximum Gasteiger partial charge on any atom is 0.308 e. The highest BCUT2D eigenvalue weighted by atomic mass is 16.4. The fraction of sp³-hybridized carbons (Fsp3) is 0.786. The Balaban J connectivity index is 1.86. The molecule has 0 aromatic carbocycles. The summed E-state index contributed by atoms with van der Waals surface area (Å²) in [4.78, 5) is 37.4. The van der Waals surface area contributed by atoms with Gasteiger partial charge in [-0.3, -0.25) is 19.3 Å². The number of rotatable bonds is 2. The van der Waals surface area contributed by atoms with Gasteiger partial charge in [-0.15, -0.1) is 0 Å². The summed E-state index contributed by atoms with van der Waals surface area (Å²) < 4.78 is 0. The average Bonchev–Trinajstić information content (AvgIpc) is 3.02. The molecule has 5 nitrogen and oxygen atoms in total. The molecule has 1 N–H and O–H groups in total. The summed E-state index contributed by atoms with van der Waals surface area (Å²) in [6.07, 6.45) is 5.88. The lowest BCUT2D eigenvalue weighted by Crippen LogP contribution is -2.45. The third-order valence-corrected chi connectivity index (χ3v) is 5.12. The Labute approximate surface area is 112 Å². The van der Waals surface area contributed by atoms with E-state index in [9.17, 15) is 19.5 Å². The van der Waals surface area contributed by atoms with E-state index >= 15 is 0 Å². The molecule has 5 heteroatoms. The van der Waals surface area contributed by atoms with Gasteiger partial charge in [-0.1, -0.05) is 19.3 Å². The normalized spacial score (nSPS) is 33.6. The van der Waals surface area contributed by atoms with Crippen molar-refractivity contribution in [3.8, 4) is 0 Å². The van der Waals surface area contributed by atoms with Crippen molar-refractivity contribution in [2.24, 2.45) is 11.3 Å². The largest absolute Gasteiger partial charge is 0.481 e. The fourth-order valence-electron chi connectivity index (χ4n) is 4.13. The van der Waals surface area contributed by atoms with E-state index in [2.05, 4.69) is 0 Å². The summed E-state index contributed by atoms with van der Waals surface area (Å²) in [5.74, 6) is -1.68. The van der Waals surface area contributed by atoms with Gasteiger partial charge in [0.05, 0.1) is 17.4 Å². The standard InChI is InChI=1S/C14H19NO4/c16-11-8-14(6-1-2-7-14)13(19)15(11)10-5-3-4-9(10)12(17)18/h9-10H,1-8H2,(H,17,18). The van der Waals surface area contributed by atoms with Crippen LogP contribution in [0.5, 0.6) is 0 Å². The molecule has 0 aromatic heterocycles. The maximum absolute atomic E-state index is 12.6. The first-order valence-electron chi connectivity index (χ1n) is 7.14. The smallest absolute Gasteiger partial charge is 0.308 e. The Morgan fingerprint density at radius 3 is 2.47 bits per heavy atom. The molecule has 2 aliphatic carbocycles. The second kappa shape index (κ2) is 4.32. The summed E-state index contributed by atoms with van der Waals surface area (Å²) >= 11 is 0. The number of amides is 2. The zero-order valence-electron chi connectivity index (χ0n) is 10.9. The molecule has 3 fully saturated rings. The molecular weight excluding hydrogens is 246 g/mol. The molecule has 2 saturated carbocycles. The Hall–Kier alpha value is -1.39. The summed E-state index contributed by atoms with van der Waals surface area (Å²) in [5, 5.41) is 9.22. The molecular formula is C14H19NO4. The van der Waals surface area contributed by atoms with Gasteiger partial charge in [0, 0.05) is 6.42 Å². The SMILES string of the molecule is O=C(O)C1CCCC1N1C(=O)CC2(CCCC2)C1=O. The van der Waals surface area contributed by atoms with Crippen LogP contribution in [0, 0.1) is 11.3 Å². The molecule has 2 amide bonds. The first-order valence-corrected chi connectivity index (χ1v) is 7.14. The number of hydrogen-bond donors (Lipinski definition) is 1. The number of carboxylic acids is 1. The van der Waals surface area contributed by atoms with Gasteiger partial charge in [0.2, 0.25) is 11.8 Å². The van der Waals surface area contributed by atoms with Gasteiger partial charge >= 0.3 is 5.97 Å². The van der Waals surface area contributed by atoms with Crippen molar-refractivity contribution in [3.05, 3.63) is 0 Å². The molecule has 0 radical (unpaired) electrons. The van der Waals surface area contributed by atoms with Crippen molar-refractivity contribution in [2.45, 2.75) is 57.4 Å². The highest BCUT2D eigenvalue weighted by molar-refractivity contribution is 6.06. The first kappa shape index (κ1) is 12.6. The monoisotopic (exact) mass is 265 g/mol. The van der Waals surface area contributed by atoms with Gasteiger partial charge in [0.1, 0.15) is 0 Å². The van der Waals surface area contributed by atoms with Gasteiger partial charge in [-0.05, 0) is 25.7 Å². The van der Waals surface area contributed by atoms with Gasteiger partial charge in [-0.25, -0.2) is 0 Å². The van der Waals surface area contributed by atoms with Crippen molar-refractivity contribution in [1.82, 2.24) is 4.90 Å². The number of hydrogen-bond acceptors (Lipinski definition) is 3. The Morgan fingerprint density at radius 2 is 1.84 bits per heavy atom. The van der Waals surface area contributed by atoms with Gasteiger partial charge < -0.3 is 5.11 Å². The molecule has 3 aliphatic rings. The summed E-state index contributed by atoms with van der Waals surface area (Å²) in [5.41, 5.74) is -0.483. The third-order valence-electron chi connectivity index (χ3n) is 5.12. The van der Waals surface area contributed by atoms with Crippen LogP contribution < -0.4 is 0 Å². The molecule has 1 heterocycles. The second-order valence-corrected chi connectivity index (χ2v) is 6.18. The number of carbonyl (C=O) groups excluding carboxylic acids is 2. The Morgan fingerprint density at radius 1 is 1.16 bits per heavy atom. The Kier molecular flexibility index (Phi) is 2.87. The van der Waals surface area contributed by atoms with Crippen molar-refractivity contribution >= 4 is 17.8 Å². The zero-order chi connectivity index (χ0) is 13.6. The number of imide groups is 1. The lowest BCUT2D eigenvalue weighted by molar-refractivity contribution is -0.149. The maximum atomic E-state index is 12.6. The van der Waals surface area contributed by atoms with E-state index in [4.69, 9.17) is 0 Å². The molecule has 104 valence electrons. The minimum Gasteiger partial charge on any atom is -0.481 e. The summed E-state index contributed by atoms with van der Waals surface area (Å²) in [7, 11) is 0. The molecule has 0 aromatic rings. The van der Waals surface area contributed by atoms with Crippen molar-refractivity contribution in [2.75, 3.05) is 0 Å². The lowest BCUT2D eigenvalue weighted by atomic mass is 9.84. The molecule has 0 bridgehead atoms. The highest BCUT2D eigenvalue weighted by Gasteiger charge is 2.56. The first-order chi connectivity index (χ1) is 9.05. The van der Waals surface area contributed by atoms with E-state index in [0.29, 0.717) is 19.3 Å². The Bertz CT molecular complexity index is 439. The van der Waals surface area contributed by atoms with Crippen molar-refractivity contribution < 1.29 is 19.5 Å². The van der Waals surface area contributed by atoms with Gasteiger partial charge in [0.15, 0.2) is 0 Å². The minimum absolute atomic E-state index is 0.0897. The van der Waals surface area contributed by atoms with E-state index in [1.54, 1.807) is 0 Å². The second-order valence-electron chi connectivity index (χ2n) is 6.18. The summed E-state index contributed by atoms with van der Waals surface area (Å²) in [6, 6.07) is -0.405. The molecule has 19 heavy (non-hydrogen) atoms. The van der Waals surface area contributed by atoms with Crippen LogP contribution >= 0.6 is 0 Å². The lowest BCUT2D eigenvalue weighted by Gasteiger charge is -2.28. The van der Waals surface area contributed by atoms with Gasteiger partial charge in [0.25, 0.3) is 0 Å². The fourth-order valence-corrected chi connectivity index (χ4v) is 4.13. The van der Waals surface area contributed by atoms with Crippen LogP contribution in [0.4, 0.5) is 0 Å². The van der Waals surface area contributed by atoms with Crippen LogP contribution in [0.15, 0.2) is 0 Å². The summed E-state index contributed by atoms with van der Waals surface area (Å²) in [6.45, 7) is 0. The van der Waals surface area contributed by atoms with Crippen LogP contribution in [0.1, 0.15) is 51.4 Å². The molecule has 2 atom stereocenters. The minimum atomic E-state index is -0.879. The molecule has 3 rings (SSSR count). The van der Waals surface area contributed by atoms with E-state index in [-0.39, 0.29) is 11.8 Å². The van der Waals surface area contributed by atoms with Crippen LogP contribution in [0.25, 0.3) is 0 Å². The number of likely N-dealkylation sites (tertiary alicyclic amines) is 1. The quantitative estimate of drug-likeness (QED) is 0.769.